The molecular formula is C14H23N3O2S. The Morgan fingerprint density at radius 3 is 2.85 bits per heavy atom. The lowest BCUT2D eigenvalue weighted by atomic mass is 10.00. The molecule has 1 aliphatic heterocycles. The molecule has 5 nitrogen and oxygen atoms in total. The molecule has 1 heterocycles. The summed E-state index contributed by atoms with van der Waals surface area (Å²) >= 11 is 0. The van der Waals surface area contributed by atoms with Crippen LogP contribution in [0.1, 0.15) is 19.8 Å². The summed E-state index contributed by atoms with van der Waals surface area (Å²) in [7, 11) is -3.42. The molecule has 0 aromatic heterocycles. The van der Waals surface area contributed by atoms with Crippen molar-refractivity contribution in [3.8, 4) is 0 Å². The van der Waals surface area contributed by atoms with Gasteiger partial charge in [-0.2, -0.15) is 0 Å². The Balaban J connectivity index is 2.07. The number of anilines is 1. The predicted octanol–water partition coefficient (Wildman–Crippen LogP) is 1.40. The van der Waals surface area contributed by atoms with Crippen molar-refractivity contribution in [2.45, 2.75) is 24.7 Å². The quantitative estimate of drug-likeness (QED) is 0.742. The van der Waals surface area contributed by atoms with Crippen molar-refractivity contribution in [1.29, 1.82) is 0 Å². The molecule has 0 aliphatic carbocycles. The van der Waals surface area contributed by atoms with Gasteiger partial charge in [-0.25, -0.2) is 13.1 Å². The lowest BCUT2D eigenvalue weighted by Gasteiger charge is -2.24. The van der Waals surface area contributed by atoms with E-state index in [2.05, 4.69) is 15.4 Å². The van der Waals surface area contributed by atoms with Crippen LogP contribution in [-0.2, 0) is 10.0 Å². The van der Waals surface area contributed by atoms with E-state index in [1.165, 1.54) is 12.8 Å². The van der Waals surface area contributed by atoms with E-state index >= 15 is 0 Å². The first-order valence-electron chi connectivity index (χ1n) is 7.16. The van der Waals surface area contributed by atoms with E-state index in [1.54, 1.807) is 19.1 Å². The Bertz CT molecular complexity index is 525. The fourth-order valence-corrected chi connectivity index (χ4v) is 3.69. The van der Waals surface area contributed by atoms with Crippen molar-refractivity contribution >= 4 is 15.7 Å². The minimum Gasteiger partial charge on any atom is -0.384 e. The molecule has 6 heteroatoms. The zero-order valence-electron chi connectivity index (χ0n) is 11.9. The number of nitrogens with one attached hydrogen (secondary N) is 3. The van der Waals surface area contributed by atoms with Crippen molar-refractivity contribution in [2.24, 2.45) is 5.92 Å². The van der Waals surface area contributed by atoms with E-state index < -0.39 is 10.0 Å². The minimum atomic E-state index is -3.42. The summed E-state index contributed by atoms with van der Waals surface area (Å²) in [4.78, 5) is 0.325. The highest BCUT2D eigenvalue weighted by Gasteiger charge is 2.18. The molecule has 1 unspecified atom stereocenters. The smallest absolute Gasteiger partial charge is 0.242 e. The summed E-state index contributed by atoms with van der Waals surface area (Å²) in [5.74, 6) is 0.554. The van der Waals surface area contributed by atoms with Gasteiger partial charge in [0.2, 0.25) is 10.0 Å². The van der Waals surface area contributed by atoms with E-state index in [0.717, 1.165) is 19.6 Å². The number of piperidine rings is 1. The van der Waals surface area contributed by atoms with Crippen molar-refractivity contribution in [2.75, 3.05) is 31.5 Å². The topological polar surface area (TPSA) is 70.2 Å². The van der Waals surface area contributed by atoms with Gasteiger partial charge in [0.25, 0.3) is 0 Å². The standard InChI is InChI=1S/C14H23N3O2S/c1-2-17-20(18,19)14-8-4-3-7-13(14)16-11-12-6-5-9-15-10-12/h3-4,7-8,12,15-17H,2,5-6,9-11H2,1H3. The second-order valence-electron chi connectivity index (χ2n) is 5.09. The first kappa shape index (κ1) is 15.3. The van der Waals surface area contributed by atoms with Crippen molar-refractivity contribution in [1.82, 2.24) is 10.0 Å². The van der Waals surface area contributed by atoms with E-state index in [1.807, 2.05) is 12.1 Å². The van der Waals surface area contributed by atoms with Gasteiger partial charge in [0.05, 0.1) is 5.69 Å². The average Bonchev–Trinajstić information content (AvgIpc) is 2.46. The van der Waals surface area contributed by atoms with Crippen LogP contribution in [-0.4, -0.2) is 34.6 Å². The zero-order valence-corrected chi connectivity index (χ0v) is 12.7. The lowest BCUT2D eigenvalue weighted by Crippen LogP contribution is -2.34. The maximum absolute atomic E-state index is 12.1. The highest BCUT2D eigenvalue weighted by Crippen LogP contribution is 2.21. The Hall–Kier alpha value is -1.11. The summed E-state index contributed by atoms with van der Waals surface area (Å²) in [5, 5.41) is 6.65. The second kappa shape index (κ2) is 7.06. The van der Waals surface area contributed by atoms with Gasteiger partial charge in [-0.15, -0.1) is 0 Å². The van der Waals surface area contributed by atoms with E-state index in [4.69, 9.17) is 0 Å². The highest BCUT2D eigenvalue weighted by molar-refractivity contribution is 7.89. The third-order valence-corrected chi connectivity index (χ3v) is 5.09. The Labute approximate surface area is 121 Å². The summed E-state index contributed by atoms with van der Waals surface area (Å²) in [6.07, 6.45) is 2.37. The second-order valence-corrected chi connectivity index (χ2v) is 6.83. The van der Waals surface area contributed by atoms with Gasteiger partial charge in [-0.05, 0) is 44.0 Å². The fourth-order valence-electron chi connectivity index (χ4n) is 2.47. The highest BCUT2D eigenvalue weighted by atomic mass is 32.2. The molecule has 1 fully saturated rings. The number of sulfonamides is 1. The number of hydrogen-bond acceptors (Lipinski definition) is 4. The van der Waals surface area contributed by atoms with Gasteiger partial charge in [0.15, 0.2) is 0 Å². The lowest BCUT2D eigenvalue weighted by molar-refractivity contribution is 0.392. The van der Waals surface area contributed by atoms with Gasteiger partial charge in [-0.3, -0.25) is 0 Å². The normalized spacial score (nSPS) is 19.8. The number of para-hydroxylation sites is 1. The minimum absolute atomic E-state index is 0.325. The van der Waals surface area contributed by atoms with E-state index in [9.17, 15) is 8.42 Å². The van der Waals surface area contributed by atoms with E-state index in [0.29, 0.717) is 23.0 Å². The van der Waals surface area contributed by atoms with Crippen LogP contribution < -0.4 is 15.4 Å². The maximum atomic E-state index is 12.1. The van der Waals surface area contributed by atoms with Crippen LogP contribution in [0.25, 0.3) is 0 Å². The zero-order chi connectivity index (χ0) is 14.4. The molecule has 1 aromatic rings. The molecule has 20 heavy (non-hydrogen) atoms. The largest absolute Gasteiger partial charge is 0.384 e. The monoisotopic (exact) mass is 297 g/mol. The number of benzene rings is 1. The number of hydrogen-bond donors (Lipinski definition) is 3. The molecule has 0 spiro atoms. The molecule has 0 amide bonds. The SMILES string of the molecule is CCNS(=O)(=O)c1ccccc1NCC1CCCNC1. The van der Waals surface area contributed by atoms with Gasteiger partial charge in [-0.1, -0.05) is 19.1 Å². The molecule has 112 valence electrons. The first-order chi connectivity index (χ1) is 9.63. The molecule has 0 bridgehead atoms. The molecule has 2 rings (SSSR count). The van der Waals surface area contributed by atoms with Crippen LogP contribution in [0.15, 0.2) is 29.2 Å². The Kier molecular flexibility index (Phi) is 5.39. The van der Waals surface area contributed by atoms with Crippen molar-refractivity contribution in [3.63, 3.8) is 0 Å². The Morgan fingerprint density at radius 1 is 1.35 bits per heavy atom. The van der Waals surface area contributed by atoms with Gasteiger partial charge in [0, 0.05) is 13.1 Å². The van der Waals surface area contributed by atoms with Gasteiger partial charge < -0.3 is 10.6 Å². The molecular weight excluding hydrogens is 274 g/mol. The van der Waals surface area contributed by atoms with Crippen LogP contribution in [0.4, 0.5) is 5.69 Å². The van der Waals surface area contributed by atoms with Crippen LogP contribution in [0, 0.1) is 5.92 Å². The average molecular weight is 297 g/mol. The van der Waals surface area contributed by atoms with Crippen molar-refractivity contribution in [3.05, 3.63) is 24.3 Å². The molecule has 3 N–H and O–H groups in total. The predicted molar refractivity (Wildman–Crippen MR) is 81.4 cm³/mol. The molecule has 1 aliphatic rings. The number of rotatable bonds is 6. The third-order valence-electron chi connectivity index (χ3n) is 3.49. The molecule has 0 saturated carbocycles. The fraction of sp³-hybridized carbons (Fsp3) is 0.571. The summed E-state index contributed by atoms with van der Waals surface area (Å²) in [5.41, 5.74) is 0.680. The Morgan fingerprint density at radius 2 is 2.15 bits per heavy atom. The first-order valence-corrected chi connectivity index (χ1v) is 8.65. The molecule has 1 atom stereocenters. The molecule has 1 saturated heterocycles. The van der Waals surface area contributed by atoms with Crippen LogP contribution in [0.3, 0.4) is 0 Å². The van der Waals surface area contributed by atoms with Gasteiger partial charge >= 0.3 is 0 Å². The van der Waals surface area contributed by atoms with Crippen LogP contribution >= 0.6 is 0 Å². The van der Waals surface area contributed by atoms with E-state index in [-0.39, 0.29) is 0 Å². The summed E-state index contributed by atoms with van der Waals surface area (Å²) < 4.78 is 26.8. The third kappa shape index (κ3) is 3.94. The summed E-state index contributed by atoms with van der Waals surface area (Å²) in [6.45, 7) is 5.05. The maximum Gasteiger partial charge on any atom is 0.242 e. The molecule has 0 radical (unpaired) electrons. The van der Waals surface area contributed by atoms with Gasteiger partial charge in [0.1, 0.15) is 4.90 Å². The summed E-state index contributed by atoms with van der Waals surface area (Å²) in [6, 6.07) is 7.06. The molecule has 1 aromatic carbocycles. The van der Waals surface area contributed by atoms with Crippen LogP contribution in [0.5, 0.6) is 0 Å². The van der Waals surface area contributed by atoms with Crippen LogP contribution in [0.2, 0.25) is 0 Å². The van der Waals surface area contributed by atoms with Crippen molar-refractivity contribution < 1.29 is 8.42 Å².